The van der Waals surface area contributed by atoms with Crippen molar-refractivity contribution in [3.63, 3.8) is 0 Å². The van der Waals surface area contributed by atoms with Gasteiger partial charge in [0, 0.05) is 5.69 Å². The van der Waals surface area contributed by atoms with E-state index in [9.17, 15) is 0 Å². The highest BCUT2D eigenvalue weighted by atomic mass is 15.0. The van der Waals surface area contributed by atoms with Crippen molar-refractivity contribution in [2.24, 2.45) is 0 Å². The summed E-state index contributed by atoms with van der Waals surface area (Å²) in [4.78, 5) is 0. The van der Waals surface area contributed by atoms with E-state index in [1.807, 2.05) is 0 Å². The van der Waals surface area contributed by atoms with Crippen molar-refractivity contribution in [3.8, 4) is 0 Å². The second kappa shape index (κ2) is 10.8. The third-order valence-corrected chi connectivity index (χ3v) is 7.32. The molecule has 0 atom stereocenters. The van der Waals surface area contributed by atoms with Crippen molar-refractivity contribution < 1.29 is 0 Å². The van der Waals surface area contributed by atoms with Crippen LogP contribution in [-0.2, 0) is 5.54 Å². The van der Waals surface area contributed by atoms with Gasteiger partial charge in [0.15, 0.2) is 0 Å². The van der Waals surface area contributed by atoms with E-state index < -0.39 is 0 Å². The quantitative estimate of drug-likeness (QED) is 0.259. The standard InChI is InChI=1S/C34H37N/c1-6-34(7-2,35-32-21-13-25(3)14-22-32)31-19-16-28(17-20-31)24-33(29-11-9-8-10-12-29)30-18-15-26(4)27(5)23-30/h8-24,35H,6-7H2,1-5H3. The summed E-state index contributed by atoms with van der Waals surface area (Å²) >= 11 is 0. The Hall–Kier alpha value is -3.58. The van der Waals surface area contributed by atoms with Gasteiger partial charge < -0.3 is 5.32 Å². The summed E-state index contributed by atoms with van der Waals surface area (Å²) in [6, 6.07) is 35.3. The van der Waals surface area contributed by atoms with Gasteiger partial charge in [-0.15, -0.1) is 0 Å². The Morgan fingerprint density at radius 1 is 0.686 bits per heavy atom. The van der Waals surface area contributed by atoms with Crippen LogP contribution in [0.3, 0.4) is 0 Å². The predicted molar refractivity (Wildman–Crippen MR) is 153 cm³/mol. The highest BCUT2D eigenvalue weighted by Crippen LogP contribution is 2.34. The lowest BCUT2D eigenvalue weighted by molar-refractivity contribution is 0.455. The van der Waals surface area contributed by atoms with Crippen LogP contribution < -0.4 is 5.32 Å². The SMILES string of the molecule is CCC(CC)(Nc1ccc(C)cc1)c1ccc(C=C(c2ccccc2)c2ccc(C)c(C)c2)cc1. The van der Waals surface area contributed by atoms with Crippen molar-refractivity contribution in [2.75, 3.05) is 5.32 Å². The molecule has 0 saturated carbocycles. The Labute approximate surface area is 211 Å². The molecule has 4 aromatic carbocycles. The average Bonchev–Trinajstić information content (AvgIpc) is 2.90. The van der Waals surface area contributed by atoms with E-state index in [1.54, 1.807) is 0 Å². The molecule has 4 aromatic rings. The molecule has 0 radical (unpaired) electrons. The van der Waals surface area contributed by atoms with E-state index in [0.717, 1.165) is 12.8 Å². The van der Waals surface area contributed by atoms with E-state index in [-0.39, 0.29) is 5.54 Å². The molecule has 1 N–H and O–H groups in total. The Morgan fingerprint density at radius 2 is 1.34 bits per heavy atom. The Bertz CT molecular complexity index is 1280. The molecular formula is C34H37N. The zero-order valence-corrected chi connectivity index (χ0v) is 21.7. The maximum Gasteiger partial charge on any atom is 0.0620 e. The molecule has 178 valence electrons. The number of nitrogens with one attached hydrogen (secondary N) is 1. The molecule has 0 spiro atoms. The van der Waals surface area contributed by atoms with Gasteiger partial charge in [-0.1, -0.05) is 104 Å². The number of aryl methyl sites for hydroxylation is 3. The van der Waals surface area contributed by atoms with E-state index in [0.29, 0.717) is 0 Å². The molecule has 0 bridgehead atoms. The van der Waals surface area contributed by atoms with Crippen LogP contribution in [0.2, 0.25) is 0 Å². The van der Waals surface area contributed by atoms with Gasteiger partial charge in [-0.2, -0.15) is 0 Å². The molecule has 0 saturated heterocycles. The normalized spacial score (nSPS) is 12.0. The van der Waals surface area contributed by atoms with Crippen LogP contribution in [0.15, 0.2) is 97.1 Å². The molecule has 0 aliphatic heterocycles. The molecule has 0 fully saturated rings. The summed E-state index contributed by atoms with van der Waals surface area (Å²) in [6.45, 7) is 11.0. The Kier molecular flexibility index (Phi) is 7.56. The fourth-order valence-corrected chi connectivity index (χ4v) is 4.75. The fraction of sp³-hybridized carbons (Fsp3) is 0.235. The van der Waals surface area contributed by atoms with Crippen LogP contribution in [-0.4, -0.2) is 0 Å². The second-order valence-corrected chi connectivity index (χ2v) is 9.63. The molecule has 1 heteroatoms. The third-order valence-electron chi connectivity index (χ3n) is 7.32. The average molecular weight is 460 g/mol. The first-order valence-electron chi connectivity index (χ1n) is 12.7. The maximum atomic E-state index is 3.84. The molecule has 0 unspecified atom stereocenters. The van der Waals surface area contributed by atoms with E-state index >= 15 is 0 Å². The van der Waals surface area contributed by atoms with Crippen molar-refractivity contribution in [2.45, 2.75) is 53.0 Å². The van der Waals surface area contributed by atoms with Crippen LogP contribution in [0, 0.1) is 20.8 Å². The summed E-state index contributed by atoms with van der Waals surface area (Å²) in [7, 11) is 0. The summed E-state index contributed by atoms with van der Waals surface area (Å²) in [5.74, 6) is 0. The molecule has 0 heterocycles. The number of hydrogen-bond donors (Lipinski definition) is 1. The lowest BCUT2D eigenvalue weighted by Gasteiger charge is -2.35. The third kappa shape index (κ3) is 5.57. The molecular weight excluding hydrogens is 422 g/mol. The minimum atomic E-state index is -0.0895. The molecule has 0 aliphatic carbocycles. The van der Waals surface area contributed by atoms with Gasteiger partial charge in [0.1, 0.15) is 0 Å². The van der Waals surface area contributed by atoms with Gasteiger partial charge >= 0.3 is 0 Å². The lowest BCUT2D eigenvalue weighted by atomic mass is 9.83. The van der Waals surface area contributed by atoms with Gasteiger partial charge in [-0.3, -0.25) is 0 Å². The first-order chi connectivity index (χ1) is 16.9. The molecule has 1 nitrogen and oxygen atoms in total. The van der Waals surface area contributed by atoms with E-state index in [4.69, 9.17) is 0 Å². The number of benzene rings is 4. The van der Waals surface area contributed by atoms with Crippen LogP contribution >= 0.6 is 0 Å². The van der Waals surface area contributed by atoms with Crippen molar-refractivity contribution in [1.82, 2.24) is 0 Å². The van der Waals surface area contributed by atoms with Crippen LogP contribution in [0.1, 0.15) is 65.6 Å². The summed E-state index contributed by atoms with van der Waals surface area (Å²) in [5, 5.41) is 3.84. The Balaban J connectivity index is 1.70. The molecule has 0 aromatic heterocycles. The minimum Gasteiger partial charge on any atom is -0.376 e. The van der Waals surface area contributed by atoms with Crippen molar-refractivity contribution >= 4 is 17.3 Å². The predicted octanol–water partition coefficient (Wildman–Crippen LogP) is 9.33. The zero-order chi connectivity index (χ0) is 24.8. The van der Waals surface area contributed by atoms with Gasteiger partial charge in [-0.25, -0.2) is 0 Å². The molecule has 4 rings (SSSR count). The molecule has 35 heavy (non-hydrogen) atoms. The van der Waals surface area contributed by atoms with Gasteiger partial charge in [-0.05, 0) is 90.8 Å². The smallest absolute Gasteiger partial charge is 0.0620 e. The van der Waals surface area contributed by atoms with Gasteiger partial charge in [0.25, 0.3) is 0 Å². The number of rotatable bonds is 8. The largest absolute Gasteiger partial charge is 0.376 e. The van der Waals surface area contributed by atoms with Gasteiger partial charge in [0.2, 0.25) is 0 Å². The Morgan fingerprint density at radius 3 is 1.94 bits per heavy atom. The summed E-state index contributed by atoms with van der Waals surface area (Å²) in [5.41, 5.74) is 11.3. The fourth-order valence-electron chi connectivity index (χ4n) is 4.75. The monoisotopic (exact) mass is 459 g/mol. The van der Waals surface area contributed by atoms with Crippen LogP contribution in [0.4, 0.5) is 5.69 Å². The molecule has 0 amide bonds. The number of anilines is 1. The first kappa shape index (κ1) is 24.5. The van der Waals surface area contributed by atoms with Crippen LogP contribution in [0.25, 0.3) is 11.6 Å². The summed E-state index contributed by atoms with van der Waals surface area (Å²) < 4.78 is 0. The number of hydrogen-bond acceptors (Lipinski definition) is 1. The minimum absolute atomic E-state index is 0.0895. The lowest BCUT2D eigenvalue weighted by Crippen LogP contribution is -2.34. The van der Waals surface area contributed by atoms with E-state index in [2.05, 4.69) is 143 Å². The van der Waals surface area contributed by atoms with Crippen molar-refractivity contribution in [1.29, 1.82) is 0 Å². The first-order valence-corrected chi connectivity index (χ1v) is 12.7. The molecule has 0 aliphatic rings. The highest BCUT2D eigenvalue weighted by Gasteiger charge is 2.28. The van der Waals surface area contributed by atoms with E-state index in [1.165, 1.54) is 50.2 Å². The maximum absolute atomic E-state index is 3.84. The second-order valence-electron chi connectivity index (χ2n) is 9.63. The highest BCUT2D eigenvalue weighted by molar-refractivity contribution is 5.91. The summed E-state index contributed by atoms with van der Waals surface area (Å²) in [6.07, 6.45) is 4.35. The zero-order valence-electron chi connectivity index (χ0n) is 21.7. The van der Waals surface area contributed by atoms with Crippen molar-refractivity contribution in [3.05, 3.63) is 136 Å². The van der Waals surface area contributed by atoms with Gasteiger partial charge in [0.05, 0.1) is 5.54 Å². The topological polar surface area (TPSA) is 12.0 Å². The van der Waals surface area contributed by atoms with Crippen LogP contribution in [0.5, 0.6) is 0 Å².